The van der Waals surface area contributed by atoms with Gasteiger partial charge >= 0.3 is 0 Å². The quantitative estimate of drug-likeness (QED) is 0.419. The molecule has 0 aliphatic carbocycles. The van der Waals surface area contributed by atoms with Gasteiger partial charge < -0.3 is 19.0 Å². The number of anilines is 1. The fraction of sp³-hybridized carbons (Fsp3) is 0.167. The topological polar surface area (TPSA) is 116 Å². The first-order valence-electron chi connectivity index (χ1n) is 8.46. The number of nitrogens with one attached hydrogen (secondary N) is 1. The highest BCUT2D eigenvalue weighted by atomic mass is 32.2. The number of amides is 1. The zero-order valence-electron chi connectivity index (χ0n) is 15.2. The highest BCUT2D eigenvalue weighted by Gasteiger charge is 2.15. The smallest absolute Gasteiger partial charge is 0.277 e. The number of carbonyl (C=O) groups is 1. The van der Waals surface area contributed by atoms with Crippen LogP contribution in [-0.2, 0) is 17.0 Å². The van der Waals surface area contributed by atoms with Crippen molar-refractivity contribution in [3.63, 3.8) is 0 Å². The normalized spacial score (nSPS) is 10.8. The van der Waals surface area contributed by atoms with Crippen LogP contribution in [0.5, 0.6) is 5.75 Å². The highest BCUT2D eigenvalue weighted by Crippen LogP contribution is 2.28. The Kier molecular flexibility index (Phi) is 5.86. The molecule has 3 heterocycles. The summed E-state index contributed by atoms with van der Waals surface area (Å²) in [5, 5.41) is 17.0. The zero-order valence-corrected chi connectivity index (χ0v) is 16.8. The number of hydrogen-bond acceptors (Lipinski definition) is 10. The molecule has 11 heteroatoms. The zero-order chi connectivity index (χ0) is 20.1. The molecule has 1 N–H and O–H groups in total. The van der Waals surface area contributed by atoms with Gasteiger partial charge in [0, 0.05) is 0 Å². The average Bonchev–Trinajstić information content (AvgIpc) is 3.48. The molecular formula is C18H15N5O4S2. The van der Waals surface area contributed by atoms with Crippen LogP contribution in [-0.4, -0.2) is 33.4 Å². The molecule has 3 aromatic heterocycles. The van der Waals surface area contributed by atoms with Crippen molar-refractivity contribution < 1.29 is 18.5 Å². The van der Waals surface area contributed by atoms with Crippen LogP contribution in [0.3, 0.4) is 0 Å². The first-order chi connectivity index (χ1) is 14.2. The van der Waals surface area contributed by atoms with E-state index in [1.165, 1.54) is 23.1 Å². The lowest BCUT2D eigenvalue weighted by atomic mass is 10.2. The Balaban J connectivity index is 1.31. The van der Waals surface area contributed by atoms with Gasteiger partial charge in [0.2, 0.25) is 11.8 Å². The minimum atomic E-state index is -0.271. The van der Waals surface area contributed by atoms with Gasteiger partial charge in [0.25, 0.3) is 11.1 Å². The number of carbonyl (C=O) groups excluding carboxylic acids is 1. The molecule has 0 atom stereocenters. The lowest BCUT2D eigenvalue weighted by Crippen LogP contribution is -2.15. The molecule has 0 saturated carbocycles. The van der Waals surface area contributed by atoms with Crippen LogP contribution < -0.4 is 10.1 Å². The lowest BCUT2D eigenvalue weighted by molar-refractivity contribution is -0.115. The van der Waals surface area contributed by atoms with Gasteiger partial charge in [-0.3, -0.25) is 4.79 Å². The molecule has 1 aromatic carbocycles. The summed E-state index contributed by atoms with van der Waals surface area (Å²) in [4.78, 5) is 17.4. The van der Waals surface area contributed by atoms with Gasteiger partial charge in [0.05, 0.1) is 29.8 Å². The second kappa shape index (κ2) is 8.88. The first-order valence-corrected chi connectivity index (χ1v) is 10.3. The number of thiophene rings is 1. The first kappa shape index (κ1) is 19.2. The maximum absolute atomic E-state index is 12.2. The summed E-state index contributed by atoms with van der Waals surface area (Å²) in [6.45, 7) is 0. The van der Waals surface area contributed by atoms with E-state index in [0.29, 0.717) is 34.2 Å². The van der Waals surface area contributed by atoms with Crippen molar-refractivity contribution in [2.45, 2.75) is 17.4 Å². The Hall–Kier alpha value is -3.18. The van der Waals surface area contributed by atoms with Crippen molar-refractivity contribution in [2.24, 2.45) is 0 Å². The Bertz CT molecular complexity index is 1090. The Morgan fingerprint density at radius 3 is 2.97 bits per heavy atom. The van der Waals surface area contributed by atoms with Crippen LogP contribution in [0, 0.1) is 0 Å². The predicted octanol–water partition coefficient (Wildman–Crippen LogP) is 3.66. The number of methoxy groups -OCH3 is 1. The van der Waals surface area contributed by atoms with E-state index in [0.717, 1.165) is 4.88 Å². The number of thioether (sulfide) groups is 1. The number of aromatic nitrogens is 4. The van der Waals surface area contributed by atoms with Crippen LogP contribution >= 0.6 is 23.1 Å². The summed E-state index contributed by atoms with van der Waals surface area (Å²) in [7, 11) is 1.54. The molecule has 148 valence electrons. The number of hydrogen-bond donors (Lipinski definition) is 1. The van der Waals surface area contributed by atoms with Crippen LogP contribution in [0.15, 0.2) is 55.9 Å². The third kappa shape index (κ3) is 4.81. The van der Waals surface area contributed by atoms with Gasteiger partial charge in [-0.25, -0.2) is 0 Å². The standard InChI is InChI=1S/C18H15N5O4S2/c1-25-12-6-3-2-5-11(12)19-15(24)9-14-20-16(27-23-14)10-29-18-22-21-17(26-18)13-7-4-8-28-13/h2-8H,9-10H2,1H3,(H,19,24). The molecule has 0 aliphatic rings. The maximum atomic E-state index is 12.2. The molecule has 0 saturated heterocycles. The van der Waals surface area contributed by atoms with E-state index in [1.807, 2.05) is 29.6 Å². The third-order valence-corrected chi connectivity index (χ3v) is 5.33. The van der Waals surface area contributed by atoms with Crippen LogP contribution in [0.1, 0.15) is 11.7 Å². The van der Waals surface area contributed by atoms with Gasteiger partial charge in [-0.2, -0.15) is 4.98 Å². The fourth-order valence-electron chi connectivity index (χ4n) is 2.40. The van der Waals surface area contributed by atoms with Gasteiger partial charge in [-0.1, -0.05) is 35.1 Å². The van der Waals surface area contributed by atoms with Crippen molar-refractivity contribution in [1.29, 1.82) is 0 Å². The summed E-state index contributed by atoms with van der Waals surface area (Å²) < 4.78 is 16.0. The minimum absolute atomic E-state index is 0.0186. The van der Waals surface area contributed by atoms with Gasteiger partial charge in [0.1, 0.15) is 5.75 Å². The lowest BCUT2D eigenvalue weighted by Gasteiger charge is -2.08. The van der Waals surface area contributed by atoms with Crippen molar-refractivity contribution in [1.82, 2.24) is 20.3 Å². The summed E-state index contributed by atoms with van der Waals surface area (Å²) >= 11 is 2.81. The fourth-order valence-corrected chi connectivity index (χ4v) is 3.64. The molecule has 9 nitrogen and oxygen atoms in total. The highest BCUT2D eigenvalue weighted by molar-refractivity contribution is 7.98. The van der Waals surface area contributed by atoms with E-state index in [2.05, 4.69) is 25.7 Å². The molecule has 4 aromatic rings. The van der Waals surface area contributed by atoms with Gasteiger partial charge in [-0.05, 0) is 23.6 Å². The van der Waals surface area contributed by atoms with Crippen LogP contribution in [0.4, 0.5) is 5.69 Å². The summed E-state index contributed by atoms with van der Waals surface area (Å²) in [5.41, 5.74) is 0.581. The van der Waals surface area contributed by atoms with Gasteiger partial charge in [0.15, 0.2) is 5.82 Å². The second-order valence-electron chi connectivity index (χ2n) is 5.67. The van der Waals surface area contributed by atoms with Gasteiger partial charge in [-0.15, -0.1) is 21.5 Å². The van der Waals surface area contributed by atoms with E-state index in [1.54, 1.807) is 19.2 Å². The molecule has 29 heavy (non-hydrogen) atoms. The molecule has 0 radical (unpaired) electrons. The minimum Gasteiger partial charge on any atom is -0.495 e. The van der Waals surface area contributed by atoms with Crippen molar-refractivity contribution >= 4 is 34.7 Å². The molecular weight excluding hydrogens is 414 g/mol. The Morgan fingerprint density at radius 1 is 1.24 bits per heavy atom. The SMILES string of the molecule is COc1ccccc1NC(=O)Cc1noc(CSc2nnc(-c3cccs3)o2)n1. The van der Waals surface area contributed by atoms with Crippen LogP contribution in [0.25, 0.3) is 10.8 Å². The molecule has 0 spiro atoms. The number of ether oxygens (including phenoxy) is 1. The van der Waals surface area contributed by atoms with E-state index < -0.39 is 0 Å². The second-order valence-corrected chi connectivity index (χ2v) is 7.54. The molecule has 0 bridgehead atoms. The van der Waals surface area contributed by atoms with Crippen molar-refractivity contribution in [3.05, 3.63) is 53.5 Å². The number of rotatable bonds is 8. The Morgan fingerprint density at radius 2 is 2.14 bits per heavy atom. The number of nitrogens with zero attached hydrogens (tertiary/aromatic N) is 4. The number of para-hydroxylation sites is 2. The third-order valence-electron chi connectivity index (χ3n) is 3.67. The molecule has 0 unspecified atom stereocenters. The monoisotopic (exact) mass is 429 g/mol. The molecule has 4 rings (SSSR count). The van der Waals surface area contributed by atoms with E-state index in [-0.39, 0.29) is 18.2 Å². The van der Waals surface area contributed by atoms with E-state index in [4.69, 9.17) is 13.7 Å². The predicted molar refractivity (Wildman–Crippen MR) is 107 cm³/mol. The summed E-state index contributed by atoms with van der Waals surface area (Å²) in [5.74, 6) is 1.79. The molecule has 0 aliphatic heterocycles. The molecule has 1 amide bonds. The maximum Gasteiger partial charge on any atom is 0.277 e. The van der Waals surface area contributed by atoms with E-state index >= 15 is 0 Å². The summed E-state index contributed by atoms with van der Waals surface area (Å²) in [6, 6.07) is 11.0. The van der Waals surface area contributed by atoms with Crippen molar-refractivity contribution in [3.8, 4) is 16.5 Å². The van der Waals surface area contributed by atoms with Crippen LogP contribution in [0.2, 0.25) is 0 Å². The molecule has 0 fully saturated rings. The Labute approximate surface area is 173 Å². The van der Waals surface area contributed by atoms with E-state index in [9.17, 15) is 4.79 Å². The number of benzene rings is 1. The average molecular weight is 429 g/mol. The summed E-state index contributed by atoms with van der Waals surface area (Å²) in [6.07, 6.45) is -0.0186. The largest absolute Gasteiger partial charge is 0.495 e. The van der Waals surface area contributed by atoms with Crippen molar-refractivity contribution in [2.75, 3.05) is 12.4 Å².